The second-order valence-electron chi connectivity index (χ2n) is 5.79. The van der Waals surface area contributed by atoms with Crippen molar-refractivity contribution in [3.05, 3.63) is 52.7 Å². The van der Waals surface area contributed by atoms with Crippen molar-refractivity contribution in [3.63, 3.8) is 0 Å². The highest BCUT2D eigenvalue weighted by molar-refractivity contribution is 5.79. The van der Waals surface area contributed by atoms with Crippen molar-refractivity contribution >= 4 is 5.91 Å². The van der Waals surface area contributed by atoms with Crippen LogP contribution < -0.4 is 0 Å². The van der Waals surface area contributed by atoms with E-state index >= 15 is 0 Å². The predicted molar refractivity (Wildman–Crippen MR) is 79.8 cm³/mol. The van der Waals surface area contributed by atoms with Crippen LogP contribution in [0.5, 0.6) is 0 Å². The number of carbonyl (C=O) groups is 1. The van der Waals surface area contributed by atoms with Gasteiger partial charge >= 0.3 is 0 Å². The molecule has 0 bridgehead atoms. The number of rotatable bonds is 3. The van der Waals surface area contributed by atoms with Crippen LogP contribution in [-0.4, -0.2) is 22.5 Å². The number of nitrogens with zero attached hydrogens (tertiary/aromatic N) is 2. The monoisotopic (exact) mass is 302 g/mol. The van der Waals surface area contributed by atoms with Crippen LogP contribution in [-0.2, 0) is 11.2 Å². The van der Waals surface area contributed by atoms with E-state index in [4.69, 9.17) is 4.52 Å². The number of halogens is 1. The molecule has 2 heterocycles. The summed E-state index contributed by atoms with van der Waals surface area (Å²) < 4.78 is 18.5. The van der Waals surface area contributed by atoms with Gasteiger partial charge in [-0.25, -0.2) is 4.39 Å². The molecule has 1 atom stereocenters. The van der Waals surface area contributed by atoms with E-state index in [0.29, 0.717) is 5.56 Å². The number of carbonyl (C=O) groups excluding carboxylic acids is 1. The smallest absolute Gasteiger partial charge is 0.227 e. The second-order valence-corrected chi connectivity index (χ2v) is 5.79. The van der Waals surface area contributed by atoms with Crippen molar-refractivity contribution in [1.29, 1.82) is 0 Å². The first-order chi connectivity index (χ1) is 10.6. The van der Waals surface area contributed by atoms with E-state index in [-0.39, 0.29) is 24.2 Å². The number of amides is 1. The van der Waals surface area contributed by atoms with Crippen molar-refractivity contribution in [2.75, 3.05) is 6.54 Å². The van der Waals surface area contributed by atoms with E-state index in [2.05, 4.69) is 5.16 Å². The number of hydrogen-bond donors (Lipinski definition) is 0. The minimum Gasteiger partial charge on any atom is -0.361 e. The molecule has 0 spiro atoms. The van der Waals surface area contributed by atoms with Crippen LogP contribution in [0.1, 0.15) is 41.5 Å². The molecule has 1 aromatic heterocycles. The van der Waals surface area contributed by atoms with E-state index < -0.39 is 0 Å². The normalized spacial score (nSPS) is 18.0. The molecule has 22 heavy (non-hydrogen) atoms. The van der Waals surface area contributed by atoms with Crippen LogP contribution in [0.3, 0.4) is 0 Å². The fourth-order valence-electron chi connectivity index (χ4n) is 3.25. The van der Waals surface area contributed by atoms with Crippen LogP contribution >= 0.6 is 0 Å². The minimum atomic E-state index is -0.311. The summed E-state index contributed by atoms with van der Waals surface area (Å²) in [6.45, 7) is 4.51. The maximum absolute atomic E-state index is 13.3. The fraction of sp³-hybridized carbons (Fsp3) is 0.412. The average Bonchev–Trinajstić information content (AvgIpc) is 3.05. The molecule has 0 saturated carbocycles. The summed E-state index contributed by atoms with van der Waals surface area (Å²) in [6, 6.07) is 6.23. The predicted octanol–water partition coefficient (Wildman–Crippen LogP) is 3.34. The molecule has 3 rings (SSSR count). The van der Waals surface area contributed by atoms with Crippen molar-refractivity contribution in [1.82, 2.24) is 10.1 Å². The zero-order valence-electron chi connectivity index (χ0n) is 12.8. The summed E-state index contributed by atoms with van der Waals surface area (Å²) in [5.41, 5.74) is 2.56. The Kier molecular flexibility index (Phi) is 3.96. The summed E-state index contributed by atoms with van der Waals surface area (Å²) in [4.78, 5) is 14.5. The van der Waals surface area contributed by atoms with Gasteiger partial charge < -0.3 is 9.42 Å². The molecule has 1 unspecified atom stereocenters. The summed E-state index contributed by atoms with van der Waals surface area (Å²) in [5, 5.41) is 3.99. The van der Waals surface area contributed by atoms with E-state index in [1.807, 2.05) is 18.7 Å². The minimum absolute atomic E-state index is 0.0207. The molecule has 1 aromatic carbocycles. The first-order valence-electron chi connectivity index (χ1n) is 7.53. The Balaban J connectivity index is 1.80. The molecule has 0 aliphatic carbocycles. The third-order valence-electron chi connectivity index (χ3n) is 4.24. The third kappa shape index (κ3) is 2.75. The highest BCUT2D eigenvalue weighted by atomic mass is 19.1. The van der Waals surface area contributed by atoms with Gasteiger partial charge in [0.1, 0.15) is 11.6 Å². The Morgan fingerprint density at radius 1 is 1.45 bits per heavy atom. The fourth-order valence-corrected chi connectivity index (χ4v) is 3.25. The van der Waals surface area contributed by atoms with Crippen LogP contribution in [0.15, 0.2) is 28.8 Å². The van der Waals surface area contributed by atoms with Gasteiger partial charge in [0, 0.05) is 12.1 Å². The molecule has 1 saturated heterocycles. The summed E-state index contributed by atoms with van der Waals surface area (Å²) in [5.74, 6) is 0.482. The lowest BCUT2D eigenvalue weighted by atomic mass is 10.0. The molecular weight excluding hydrogens is 283 g/mol. The van der Waals surface area contributed by atoms with Crippen molar-refractivity contribution in [2.45, 2.75) is 39.2 Å². The third-order valence-corrected chi connectivity index (χ3v) is 4.24. The zero-order valence-corrected chi connectivity index (χ0v) is 12.8. The number of benzene rings is 1. The van der Waals surface area contributed by atoms with E-state index in [0.717, 1.165) is 36.4 Å². The first-order valence-corrected chi connectivity index (χ1v) is 7.53. The Morgan fingerprint density at radius 2 is 2.27 bits per heavy atom. The summed E-state index contributed by atoms with van der Waals surface area (Å²) in [7, 11) is 0. The van der Waals surface area contributed by atoms with Crippen LogP contribution in [0.4, 0.5) is 4.39 Å². The van der Waals surface area contributed by atoms with Crippen LogP contribution in [0.25, 0.3) is 0 Å². The van der Waals surface area contributed by atoms with Gasteiger partial charge in [0.05, 0.1) is 18.2 Å². The first kappa shape index (κ1) is 14.8. The van der Waals surface area contributed by atoms with Crippen molar-refractivity contribution in [2.24, 2.45) is 0 Å². The highest BCUT2D eigenvalue weighted by Crippen LogP contribution is 2.35. The lowest BCUT2D eigenvalue weighted by molar-refractivity contribution is -0.131. The molecule has 5 heteroatoms. The maximum Gasteiger partial charge on any atom is 0.227 e. The molecule has 2 aromatic rings. The standard InChI is InChI=1S/C17H19FN2O2/c1-11-17(12(2)22-19-11)15-7-4-8-20(15)16(21)10-13-5-3-6-14(18)9-13/h3,5-6,9,15H,4,7-8,10H2,1-2H3. The van der Waals surface area contributed by atoms with Gasteiger partial charge in [0.25, 0.3) is 0 Å². The van der Waals surface area contributed by atoms with Crippen molar-refractivity contribution in [3.8, 4) is 0 Å². The number of hydrogen-bond acceptors (Lipinski definition) is 3. The Bertz CT molecular complexity index is 676. The van der Waals surface area contributed by atoms with Gasteiger partial charge in [0.2, 0.25) is 5.91 Å². The molecule has 1 aliphatic heterocycles. The highest BCUT2D eigenvalue weighted by Gasteiger charge is 2.33. The topological polar surface area (TPSA) is 46.3 Å². The Hall–Kier alpha value is -2.17. The molecule has 1 amide bonds. The van der Waals surface area contributed by atoms with Gasteiger partial charge in [0.15, 0.2) is 0 Å². The SMILES string of the molecule is Cc1noc(C)c1C1CCCN1C(=O)Cc1cccc(F)c1. The molecule has 116 valence electrons. The largest absolute Gasteiger partial charge is 0.361 e. The van der Waals surface area contributed by atoms with E-state index in [1.165, 1.54) is 12.1 Å². The molecule has 0 radical (unpaired) electrons. The average molecular weight is 302 g/mol. The molecular formula is C17H19FN2O2. The van der Waals surface area contributed by atoms with Crippen LogP contribution in [0, 0.1) is 19.7 Å². The maximum atomic E-state index is 13.3. The van der Waals surface area contributed by atoms with E-state index in [1.54, 1.807) is 12.1 Å². The van der Waals surface area contributed by atoms with E-state index in [9.17, 15) is 9.18 Å². The van der Waals surface area contributed by atoms with Gasteiger partial charge in [-0.05, 0) is 44.4 Å². The summed E-state index contributed by atoms with van der Waals surface area (Å²) in [6.07, 6.45) is 2.10. The Labute approximate surface area is 128 Å². The summed E-state index contributed by atoms with van der Waals surface area (Å²) >= 11 is 0. The number of aryl methyl sites for hydroxylation is 2. The van der Waals surface area contributed by atoms with Crippen LogP contribution in [0.2, 0.25) is 0 Å². The molecule has 1 fully saturated rings. The quantitative estimate of drug-likeness (QED) is 0.873. The van der Waals surface area contributed by atoms with Gasteiger partial charge in [-0.1, -0.05) is 17.3 Å². The van der Waals surface area contributed by atoms with Gasteiger partial charge in [-0.3, -0.25) is 4.79 Å². The molecule has 4 nitrogen and oxygen atoms in total. The Morgan fingerprint density at radius 3 is 2.95 bits per heavy atom. The molecule has 1 aliphatic rings. The van der Waals surface area contributed by atoms with Gasteiger partial charge in [-0.15, -0.1) is 0 Å². The number of aromatic nitrogens is 1. The lowest BCUT2D eigenvalue weighted by Crippen LogP contribution is -2.32. The van der Waals surface area contributed by atoms with Crippen molar-refractivity contribution < 1.29 is 13.7 Å². The number of likely N-dealkylation sites (tertiary alicyclic amines) is 1. The second kappa shape index (κ2) is 5.91. The lowest BCUT2D eigenvalue weighted by Gasteiger charge is -2.25. The van der Waals surface area contributed by atoms with Gasteiger partial charge in [-0.2, -0.15) is 0 Å². The zero-order chi connectivity index (χ0) is 15.7. The molecule has 0 N–H and O–H groups in total.